The van der Waals surface area contributed by atoms with Gasteiger partial charge in [0.2, 0.25) is 0 Å². The average molecular weight is 262 g/mol. The van der Waals surface area contributed by atoms with E-state index in [0.717, 1.165) is 32.5 Å². The molecule has 0 saturated carbocycles. The van der Waals surface area contributed by atoms with Gasteiger partial charge in [-0.1, -0.05) is 25.1 Å². The highest BCUT2D eigenvalue weighted by Crippen LogP contribution is 2.25. The quantitative estimate of drug-likeness (QED) is 0.856. The maximum atomic E-state index is 5.92. The molecular weight excluding hydrogens is 236 g/mol. The summed E-state index contributed by atoms with van der Waals surface area (Å²) in [6.07, 6.45) is 4.84. The van der Waals surface area contributed by atoms with Gasteiger partial charge >= 0.3 is 0 Å². The van der Waals surface area contributed by atoms with Gasteiger partial charge < -0.3 is 15.4 Å². The van der Waals surface area contributed by atoms with Crippen molar-refractivity contribution in [3.63, 3.8) is 0 Å². The highest BCUT2D eigenvalue weighted by Gasteiger charge is 2.21. The van der Waals surface area contributed by atoms with Crippen molar-refractivity contribution >= 4 is 5.69 Å². The van der Waals surface area contributed by atoms with Crippen molar-refractivity contribution in [3.8, 4) is 0 Å². The summed E-state index contributed by atoms with van der Waals surface area (Å²) >= 11 is 0. The van der Waals surface area contributed by atoms with E-state index in [-0.39, 0.29) is 0 Å². The van der Waals surface area contributed by atoms with Crippen molar-refractivity contribution in [2.75, 3.05) is 31.1 Å². The van der Waals surface area contributed by atoms with Crippen LogP contribution in [0.25, 0.3) is 0 Å². The molecule has 1 atom stereocenters. The number of hydrogen-bond donors (Lipinski definition) is 1. The molecule has 0 aliphatic carbocycles. The van der Waals surface area contributed by atoms with Gasteiger partial charge in [0.05, 0.1) is 6.10 Å². The predicted octanol–water partition coefficient (Wildman–Crippen LogP) is 2.58. The fourth-order valence-corrected chi connectivity index (χ4v) is 2.76. The van der Waals surface area contributed by atoms with Crippen LogP contribution >= 0.6 is 0 Å². The molecule has 3 nitrogen and oxygen atoms in total. The first-order valence-corrected chi connectivity index (χ1v) is 7.49. The van der Waals surface area contributed by atoms with Gasteiger partial charge in [-0.2, -0.15) is 0 Å². The zero-order chi connectivity index (χ0) is 13.5. The molecule has 0 aromatic heterocycles. The number of nitrogens with two attached hydrogens (primary N) is 1. The van der Waals surface area contributed by atoms with Gasteiger partial charge in [-0.15, -0.1) is 0 Å². The fourth-order valence-electron chi connectivity index (χ4n) is 2.76. The van der Waals surface area contributed by atoms with Gasteiger partial charge in [0.15, 0.2) is 0 Å². The molecule has 0 radical (unpaired) electrons. The third-order valence-electron chi connectivity index (χ3n) is 3.68. The molecule has 1 unspecified atom stereocenters. The molecule has 0 bridgehead atoms. The number of benzene rings is 1. The van der Waals surface area contributed by atoms with Crippen LogP contribution in [0.5, 0.6) is 0 Å². The number of anilines is 1. The zero-order valence-electron chi connectivity index (χ0n) is 12.0. The Labute approximate surface area is 116 Å². The number of para-hydroxylation sites is 1. The predicted molar refractivity (Wildman–Crippen MR) is 80.7 cm³/mol. The number of ether oxygens (including phenoxy) is 1. The second kappa shape index (κ2) is 7.51. The van der Waals surface area contributed by atoms with E-state index in [1.54, 1.807) is 0 Å². The Kier molecular flexibility index (Phi) is 5.67. The summed E-state index contributed by atoms with van der Waals surface area (Å²) in [4.78, 5) is 2.47. The van der Waals surface area contributed by atoms with E-state index in [9.17, 15) is 0 Å². The lowest BCUT2D eigenvalue weighted by atomic mass is 10.0. The zero-order valence-corrected chi connectivity index (χ0v) is 12.0. The van der Waals surface area contributed by atoms with Crippen molar-refractivity contribution in [1.29, 1.82) is 0 Å². The Hall–Kier alpha value is -1.06. The molecule has 2 N–H and O–H groups in total. The summed E-state index contributed by atoms with van der Waals surface area (Å²) in [6.45, 7) is 5.90. The number of nitrogens with zero attached hydrogens (tertiary/aromatic N) is 1. The second-order valence-corrected chi connectivity index (χ2v) is 5.25. The van der Waals surface area contributed by atoms with E-state index in [1.807, 2.05) is 0 Å². The Morgan fingerprint density at radius 1 is 1.37 bits per heavy atom. The number of piperidine rings is 1. The largest absolute Gasteiger partial charge is 0.376 e. The molecule has 19 heavy (non-hydrogen) atoms. The molecule has 3 heteroatoms. The van der Waals surface area contributed by atoms with E-state index in [1.165, 1.54) is 24.1 Å². The maximum Gasteiger partial charge on any atom is 0.0750 e. The second-order valence-electron chi connectivity index (χ2n) is 5.25. The van der Waals surface area contributed by atoms with E-state index >= 15 is 0 Å². The summed E-state index contributed by atoms with van der Waals surface area (Å²) < 4.78 is 5.92. The standard InChI is InChI=1S/C16H26N2O/c1-2-12-19-15-7-5-11-18(13-15)16-8-4-3-6-14(16)9-10-17/h3-4,6,8,15H,2,5,7,9-13,17H2,1H3. The lowest BCUT2D eigenvalue weighted by molar-refractivity contribution is 0.0440. The van der Waals surface area contributed by atoms with Gasteiger partial charge in [-0.3, -0.25) is 0 Å². The Bertz CT molecular complexity index is 381. The topological polar surface area (TPSA) is 38.5 Å². The van der Waals surface area contributed by atoms with Gasteiger partial charge in [0.25, 0.3) is 0 Å². The lowest BCUT2D eigenvalue weighted by Gasteiger charge is -2.35. The van der Waals surface area contributed by atoms with Crippen LogP contribution in [0.4, 0.5) is 5.69 Å². The van der Waals surface area contributed by atoms with Gasteiger partial charge in [-0.25, -0.2) is 0 Å². The molecule has 1 heterocycles. The molecule has 1 aliphatic heterocycles. The molecule has 0 amide bonds. The van der Waals surface area contributed by atoms with Gasteiger partial charge in [0, 0.05) is 25.4 Å². The van der Waals surface area contributed by atoms with Crippen molar-refractivity contribution in [2.24, 2.45) is 5.73 Å². The SMILES string of the molecule is CCCOC1CCCN(c2ccccc2CCN)C1. The average Bonchev–Trinajstić information content (AvgIpc) is 2.46. The maximum absolute atomic E-state index is 5.92. The van der Waals surface area contributed by atoms with Crippen LogP contribution in [0, 0.1) is 0 Å². The smallest absolute Gasteiger partial charge is 0.0750 e. The summed E-state index contributed by atoms with van der Waals surface area (Å²) in [7, 11) is 0. The van der Waals surface area contributed by atoms with Gasteiger partial charge in [-0.05, 0) is 43.9 Å². The summed E-state index contributed by atoms with van der Waals surface area (Å²) in [6, 6.07) is 8.63. The van der Waals surface area contributed by atoms with E-state index < -0.39 is 0 Å². The van der Waals surface area contributed by atoms with Crippen LogP contribution in [0.15, 0.2) is 24.3 Å². The highest BCUT2D eigenvalue weighted by atomic mass is 16.5. The summed E-state index contributed by atoms with van der Waals surface area (Å²) in [5, 5.41) is 0. The minimum atomic E-state index is 0.389. The van der Waals surface area contributed by atoms with Crippen molar-refractivity contribution in [3.05, 3.63) is 29.8 Å². The number of hydrogen-bond acceptors (Lipinski definition) is 3. The van der Waals surface area contributed by atoms with Crippen LogP contribution in [0.2, 0.25) is 0 Å². The first-order chi connectivity index (χ1) is 9.35. The van der Waals surface area contributed by atoms with Gasteiger partial charge in [0.1, 0.15) is 0 Å². The van der Waals surface area contributed by atoms with E-state index in [2.05, 4.69) is 36.1 Å². The Morgan fingerprint density at radius 2 is 2.21 bits per heavy atom. The highest BCUT2D eigenvalue weighted by molar-refractivity contribution is 5.54. The summed E-state index contributed by atoms with van der Waals surface area (Å²) in [5.74, 6) is 0. The Balaban J connectivity index is 2.04. The minimum absolute atomic E-state index is 0.389. The molecule has 106 valence electrons. The third-order valence-corrected chi connectivity index (χ3v) is 3.68. The molecule has 1 fully saturated rings. The van der Waals surface area contributed by atoms with Crippen LogP contribution < -0.4 is 10.6 Å². The van der Waals surface area contributed by atoms with E-state index in [0.29, 0.717) is 12.6 Å². The first kappa shape index (κ1) is 14.4. The monoisotopic (exact) mass is 262 g/mol. The molecule has 1 aromatic carbocycles. The van der Waals surface area contributed by atoms with Crippen LogP contribution in [-0.4, -0.2) is 32.3 Å². The molecule has 1 aliphatic rings. The fraction of sp³-hybridized carbons (Fsp3) is 0.625. The van der Waals surface area contributed by atoms with Crippen LogP contribution in [-0.2, 0) is 11.2 Å². The summed E-state index contributed by atoms with van der Waals surface area (Å²) in [5.41, 5.74) is 8.42. The van der Waals surface area contributed by atoms with Crippen LogP contribution in [0.3, 0.4) is 0 Å². The first-order valence-electron chi connectivity index (χ1n) is 7.49. The van der Waals surface area contributed by atoms with Crippen LogP contribution in [0.1, 0.15) is 31.7 Å². The molecule has 0 spiro atoms. The van der Waals surface area contributed by atoms with Crippen molar-refractivity contribution in [2.45, 2.75) is 38.7 Å². The normalized spacial score (nSPS) is 19.7. The lowest BCUT2D eigenvalue weighted by Crippen LogP contribution is -2.40. The Morgan fingerprint density at radius 3 is 3.00 bits per heavy atom. The molecular formula is C16H26N2O. The van der Waals surface area contributed by atoms with Crippen molar-refractivity contribution < 1.29 is 4.74 Å². The van der Waals surface area contributed by atoms with E-state index in [4.69, 9.17) is 10.5 Å². The minimum Gasteiger partial charge on any atom is -0.376 e. The van der Waals surface area contributed by atoms with Crippen molar-refractivity contribution in [1.82, 2.24) is 0 Å². The number of rotatable bonds is 6. The third kappa shape index (κ3) is 3.95. The molecule has 2 rings (SSSR count). The molecule has 1 saturated heterocycles. The molecule has 1 aromatic rings.